The van der Waals surface area contributed by atoms with Gasteiger partial charge in [0.15, 0.2) is 0 Å². The van der Waals surface area contributed by atoms with Crippen molar-refractivity contribution in [3.05, 3.63) is 60.2 Å². The van der Waals surface area contributed by atoms with Crippen LogP contribution in [0.3, 0.4) is 0 Å². The van der Waals surface area contributed by atoms with Crippen molar-refractivity contribution in [2.45, 2.75) is 5.25 Å². The van der Waals surface area contributed by atoms with E-state index in [1.165, 1.54) is 0 Å². The molecule has 3 nitrogen and oxygen atoms in total. The third-order valence-corrected chi connectivity index (χ3v) is 3.14. The topological polar surface area (TPSA) is 41.6 Å². The van der Waals surface area contributed by atoms with E-state index in [2.05, 4.69) is 27.6 Å². The summed E-state index contributed by atoms with van der Waals surface area (Å²) in [4.78, 5) is 12.1. The molecule has 1 N–H and O–H groups in total. The summed E-state index contributed by atoms with van der Waals surface area (Å²) < 4.78 is 0. The van der Waals surface area contributed by atoms with Gasteiger partial charge in [0.1, 0.15) is 11.1 Å². The predicted molar refractivity (Wildman–Crippen MR) is 71.2 cm³/mol. The Morgan fingerprint density at radius 2 is 1.88 bits per heavy atom. The van der Waals surface area contributed by atoms with Crippen LogP contribution in [-0.4, -0.2) is 15.0 Å². The number of benzene rings is 1. The van der Waals surface area contributed by atoms with E-state index in [9.17, 15) is 0 Å². The second-order valence-corrected chi connectivity index (χ2v) is 4.31. The zero-order valence-corrected chi connectivity index (χ0v) is 9.93. The SMILES string of the molecule is SC(c1ccccn1)c1nc2ccccc2[nH]1. The fraction of sp³-hybridized carbons (Fsp3) is 0.0769. The van der Waals surface area contributed by atoms with E-state index in [0.29, 0.717) is 0 Å². The van der Waals surface area contributed by atoms with E-state index in [0.717, 1.165) is 22.6 Å². The van der Waals surface area contributed by atoms with Gasteiger partial charge in [-0.15, -0.1) is 0 Å². The van der Waals surface area contributed by atoms with Crippen LogP contribution in [0.15, 0.2) is 48.7 Å². The normalized spacial score (nSPS) is 12.8. The van der Waals surface area contributed by atoms with Crippen LogP contribution < -0.4 is 0 Å². The molecule has 17 heavy (non-hydrogen) atoms. The molecule has 0 radical (unpaired) electrons. The highest BCUT2D eigenvalue weighted by molar-refractivity contribution is 7.80. The molecule has 84 valence electrons. The van der Waals surface area contributed by atoms with Gasteiger partial charge < -0.3 is 4.98 Å². The molecule has 1 atom stereocenters. The van der Waals surface area contributed by atoms with Gasteiger partial charge in [0.2, 0.25) is 0 Å². The summed E-state index contributed by atoms with van der Waals surface area (Å²) in [5, 5.41) is -0.122. The smallest absolute Gasteiger partial charge is 0.126 e. The van der Waals surface area contributed by atoms with Gasteiger partial charge in [0.05, 0.1) is 16.7 Å². The number of imidazole rings is 1. The Morgan fingerprint density at radius 1 is 1.06 bits per heavy atom. The molecule has 2 aromatic heterocycles. The molecule has 4 heteroatoms. The first-order chi connectivity index (χ1) is 8.34. The molecule has 0 aliphatic carbocycles. The van der Waals surface area contributed by atoms with Gasteiger partial charge >= 0.3 is 0 Å². The minimum absolute atomic E-state index is 0.122. The second kappa shape index (κ2) is 4.22. The van der Waals surface area contributed by atoms with E-state index in [-0.39, 0.29) is 5.25 Å². The van der Waals surface area contributed by atoms with Gasteiger partial charge in [-0.1, -0.05) is 18.2 Å². The molecule has 0 aliphatic rings. The van der Waals surface area contributed by atoms with Gasteiger partial charge in [-0.25, -0.2) is 4.98 Å². The summed E-state index contributed by atoms with van der Waals surface area (Å²) >= 11 is 4.56. The van der Waals surface area contributed by atoms with Crippen LogP contribution in [0.4, 0.5) is 0 Å². The van der Waals surface area contributed by atoms with E-state index < -0.39 is 0 Å². The van der Waals surface area contributed by atoms with Crippen molar-refractivity contribution < 1.29 is 0 Å². The summed E-state index contributed by atoms with van der Waals surface area (Å²) in [6.07, 6.45) is 1.77. The Kier molecular flexibility index (Phi) is 2.57. The molecule has 0 amide bonds. The number of para-hydroxylation sites is 2. The van der Waals surface area contributed by atoms with Crippen LogP contribution in [-0.2, 0) is 0 Å². The Morgan fingerprint density at radius 3 is 2.65 bits per heavy atom. The average molecular weight is 241 g/mol. The van der Waals surface area contributed by atoms with E-state index in [4.69, 9.17) is 0 Å². The first-order valence-electron chi connectivity index (χ1n) is 5.38. The fourth-order valence-electron chi connectivity index (χ4n) is 1.78. The molecule has 0 spiro atoms. The lowest BCUT2D eigenvalue weighted by Gasteiger charge is -2.05. The minimum Gasteiger partial charge on any atom is -0.341 e. The van der Waals surface area contributed by atoms with E-state index in [1.807, 2.05) is 42.5 Å². The summed E-state index contributed by atoms with van der Waals surface area (Å²) in [6, 6.07) is 13.7. The average Bonchev–Trinajstić information content (AvgIpc) is 2.82. The van der Waals surface area contributed by atoms with Crippen molar-refractivity contribution in [3.63, 3.8) is 0 Å². The molecule has 0 saturated carbocycles. The number of rotatable bonds is 2. The van der Waals surface area contributed by atoms with Crippen LogP contribution in [0.1, 0.15) is 16.8 Å². The Labute approximate surface area is 104 Å². The standard InChI is InChI=1S/C13H11N3S/c17-12(11-7-3-4-8-14-11)13-15-9-5-1-2-6-10(9)16-13/h1-8,12,17H,(H,15,16). The number of hydrogen-bond donors (Lipinski definition) is 2. The summed E-state index contributed by atoms with van der Waals surface area (Å²) in [7, 11) is 0. The number of aromatic amines is 1. The third-order valence-electron chi connectivity index (χ3n) is 2.63. The van der Waals surface area contributed by atoms with Crippen LogP contribution in [0.5, 0.6) is 0 Å². The van der Waals surface area contributed by atoms with E-state index >= 15 is 0 Å². The van der Waals surface area contributed by atoms with Crippen molar-refractivity contribution in [1.82, 2.24) is 15.0 Å². The number of fused-ring (bicyclic) bond motifs is 1. The van der Waals surface area contributed by atoms with Crippen LogP contribution >= 0.6 is 12.6 Å². The number of hydrogen-bond acceptors (Lipinski definition) is 3. The van der Waals surface area contributed by atoms with Gasteiger partial charge in [0.25, 0.3) is 0 Å². The van der Waals surface area contributed by atoms with E-state index in [1.54, 1.807) is 6.20 Å². The zero-order valence-electron chi connectivity index (χ0n) is 9.04. The molecule has 0 bridgehead atoms. The number of H-pyrrole nitrogens is 1. The number of aromatic nitrogens is 3. The number of nitrogens with zero attached hydrogens (tertiary/aromatic N) is 2. The molecule has 0 fully saturated rings. The first-order valence-corrected chi connectivity index (χ1v) is 5.90. The molecular formula is C13H11N3S. The number of thiol groups is 1. The number of nitrogens with one attached hydrogen (secondary N) is 1. The fourth-order valence-corrected chi connectivity index (χ4v) is 2.05. The van der Waals surface area contributed by atoms with Gasteiger partial charge in [0, 0.05) is 6.20 Å². The van der Waals surface area contributed by atoms with Crippen LogP contribution in [0, 0.1) is 0 Å². The maximum atomic E-state index is 4.56. The van der Waals surface area contributed by atoms with Gasteiger partial charge in [-0.3, -0.25) is 4.98 Å². The van der Waals surface area contributed by atoms with Crippen LogP contribution in [0.2, 0.25) is 0 Å². The Balaban J connectivity index is 2.04. The lowest BCUT2D eigenvalue weighted by atomic mass is 10.2. The second-order valence-electron chi connectivity index (χ2n) is 3.80. The predicted octanol–water partition coefficient (Wildman–Crippen LogP) is 2.98. The largest absolute Gasteiger partial charge is 0.341 e. The molecule has 0 saturated heterocycles. The molecule has 1 aromatic carbocycles. The first kappa shape index (κ1) is 10.4. The van der Waals surface area contributed by atoms with Crippen molar-refractivity contribution in [2.75, 3.05) is 0 Å². The summed E-state index contributed by atoms with van der Waals surface area (Å²) in [6.45, 7) is 0. The highest BCUT2D eigenvalue weighted by Gasteiger charge is 2.14. The van der Waals surface area contributed by atoms with Crippen molar-refractivity contribution >= 4 is 23.7 Å². The third kappa shape index (κ3) is 1.91. The molecule has 3 rings (SSSR count). The minimum atomic E-state index is -0.122. The van der Waals surface area contributed by atoms with Gasteiger partial charge in [-0.05, 0) is 24.3 Å². The molecule has 2 heterocycles. The molecule has 3 aromatic rings. The maximum absolute atomic E-state index is 4.56. The Hall–Kier alpha value is -1.81. The maximum Gasteiger partial charge on any atom is 0.126 e. The number of pyridine rings is 1. The van der Waals surface area contributed by atoms with Crippen molar-refractivity contribution in [2.24, 2.45) is 0 Å². The monoisotopic (exact) mass is 241 g/mol. The van der Waals surface area contributed by atoms with Gasteiger partial charge in [-0.2, -0.15) is 12.6 Å². The lowest BCUT2D eigenvalue weighted by molar-refractivity contribution is 0.969. The molecule has 0 aliphatic heterocycles. The van der Waals surface area contributed by atoms with Crippen LogP contribution in [0.25, 0.3) is 11.0 Å². The lowest BCUT2D eigenvalue weighted by Crippen LogP contribution is -1.97. The highest BCUT2D eigenvalue weighted by Crippen LogP contribution is 2.25. The summed E-state index contributed by atoms with van der Waals surface area (Å²) in [5.41, 5.74) is 2.88. The van der Waals surface area contributed by atoms with Crippen molar-refractivity contribution in [1.29, 1.82) is 0 Å². The molecular weight excluding hydrogens is 230 g/mol. The summed E-state index contributed by atoms with van der Waals surface area (Å²) in [5.74, 6) is 0.827. The van der Waals surface area contributed by atoms with Crippen molar-refractivity contribution in [3.8, 4) is 0 Å². The highest BCUT2D eigenvalue weighted by atomic mass is 32.1. The zero-order chi connectivity index (χ0) is 11.7. The Bertz CT molecular complexity index is 600. The quantitative estimate of drug-likeness (QED) is 0.677. The molecule has 1 unspecified atom stereocenters.